The van der Waals surface area contributed by atoms with E-state index in [0.717, 1.165) is 27.8 Å². The van der Waals surface area contributed by atoms with Crippen LogP contribution in [0.4, 0.5) is 4.39 Å². The summed E-state index contributed by atoms with van der Waals surface area (Å²) in [4.78, 5) is 0.359. The quantitative estimate of drug-likeness (QED) is 0.858. The lowest BCUT2D eigenvalue weighted by atomic mass is 9.96. The molecule has 25 heavy (non-hydrogen) atoms. The predicted molar refractivity (Wildman–Crippen MR) is 99.9 cm³/mol. The van der Waals surface area contributed by atoms with Crippen LogP contribution in [0.2, 0.25) is 0 Å². The van der Waals surface area contributed by atoms with Gasteiger partial charge in [0.2, 0.25) is 10.0 Å². The topological polar surface area (TPSA) is 46.2 Å². The van der Waals surface area contributed by atoms with Crippen LogP contribution in [0.3, 0.4) is 0 Å². The molecule has 0 unspecified atom stereocenters. The van der Waals surface area contributed by atoms with E-state index in [1.165, 1.54) is 12.1 Å². The normalized spacial score (nSPS) is 12.4. The first-order valence-electron chi connectivity index (χ1n) is 8.29. The Kier molecular flexibility index (Phi) is 5.40. The zero-order valence-corrected chi connectivity index (χ0v) is 16.5. The molecule has 0 saturated heterocycles. The zero-order valence-electron chi connectivity index (χ0n) is 15.7. The Morgan fingerprint density at radius 3 is 1.92 bits per heavy atom. The van der Waals surface area contributed by atoms with Crippen molar-refractivity contribution < 1.29 is 12.8 Å². The molecule has 2 rings (SSSR count). The molecule has 136 valence electrons. The molecular formula is C20H26FNO2S. The third kappa shape index (κ3) is 4.47. The Bertz CT molecular complexity index is 859. The van der Waals surface area contributed by atoms with Crippen LogP contribution in [0, 0.1) is 33.5 Å². The van der Waals surface area contributed by atoms with Gasteiger partial charge >= 0.3 is 0 Å². The Hall–Kier alpha value is -1.72. The fraction of sp³-hybridized carbons (Fsp3) is 0.400. The summed E-state index contributed by atoms with van der Waals surface area (Å²) in [6.45, 7) is 11.2. The van der Waals surface area contributed by atoms with Gasteiger partial charge in [0.1, 0.15) is 5.82 Å². The lowest BCUT2D eigenvalue weighted by Crippen LogP contribution is -2.45. The first-order valence-corrected chi connectivity index (χ1v) is 9.77. The van der Waals surface area contributed by atoms with Crippen molar-refractivity contribution in [2.24, 2.45) is 0 Å². The van der Waals surface area contributed by atoms with E-state index in [2.05, 4.69) is 4.72 Å². The highest BCUT2D eigenvalue weighted by atomic mass is 32.2. The van der Waals surface area contributed by atoms with E-state index >= 15 is 0 Å². The number of sulfonamides is 1. The fourth-order valence-electron chi connectivity index (χ4n) is 3.15. The predicted octanol–water partition coefficient (Wildman–Crippen LogP) is 4.36. The summed E-state index contributed by atoms with van der Waals surface area (Å²) in [6.07, 6.45) is 0.468. The third-order valence-electron chi connectivity index (χ3n) is 4.54. The Labute approximate surface area is 150 Å². The van der Waals surface area contributed by atoms with Gasteiger partial charge in [-0.3, -0.25) is 0 Å². The maximum atomic E-state index is 13.1. The molecule has 0 bridgehead atoms. The molecular weight excluding hydrogens is 337 g/mol. The highest BCUT2D eigenvalue weighted by Gasteiger charge is 2.29. The standard InChI is InChI=1S/C20H26FNO2S/c1-13-11-14(2)16(4)19(15(13)3)25(23,24)22-20(5,6)12-17-7-9-18(21)10-8-17/h7-11,22H,12H2,1-6H3. The van der Waals surface area contributed by atoms with Gasteiger partial charge in [0.15, 0.2) is 0 Å². The molecule has 2 aromatic rings. The van der Waals surface area contributed by atoms with Crippen molar-refractivity contribution >= 4 is 10.0 Å². The smallest absolute Gasteiger partial charge is 0.207 e. The van der Waals surface area contributed by atoms with Crippen molar-refractivity contribution in [2.45, 2.75) is 58.4 Å². The summed E-state index contributed by atoms with van der Waals surface area (Å²) >= 11 is 0. The van der Waals surface area contributed by atoms with E-state index in [9.17, 15) is 12.8 Å². The van der Waals surface area contributed by atoms with Crippen LogP contribution in [0.1, 0.15) is 41.7 Å². The number of benzene rings is 2. The molecule has 0 atom stereocenters. The van der Waals surface area contributed by atoms with E-state index in [1.54, 1.807) is 12.1 Å². The molecule has 5 heteroatoms. The Balaban J connectivity index is 2.36. The molecule has 0 spiro atoms. The lowest BCUT2D eigenvalue weighted by Gasteiger charge is -2.27. The molecule has 2 aromatic carbocycles. The zero-order chi connectivity index (χ0) is 19.0. The molecule has 0 saturated carbocycles. The first kappa shape index (κ1) is 19.6. The van der Waals surface area contributed by atoms with Gasteiger partial charge in [0, 0.05) is 5.54 Å². The van der Waals surface area contributed by atoms with Gasteiger partial charge in [0.05, 0.1) is 4.90 Å². The van der Waals surface area contributed by atoms with E-state index in [1.807, 2.05) is 47.6 Å². The van der Waals surface area contributed by atoms with Crippen LogP contribution < -0.4 is 4.72 Å². The average molecular weight is 363 g/mol. The molecule has 0 fully saturated rings. The molecule has 1 N–H and O–H groups in total. The van der Waals surface area contributed by atoms with Crippen molar-refractivity contribution in [2.75, 3.05) is 0 Å². The maximum Gasteiger partial charge on any atom is 0.241 e. The van der Waals surface area contributed by atoms with Gasteiger partial charge in [-0.15, -0.1) is 0 Å². The number of hydrogen-bond acceptors (Lipinski definition) is 2. The molecule has 0 radical (unpaired) electrons. The van der Waals surface area contributed by atoms with E-state index in [0.29, 0.717) is 11.3 Å². The maximum absolute atomic E-state index is 13.1. The minimum absolute atomic E-state index is 0.302. The van der Waals surface area contributed by atoms with Crippen LogP contribution >= 0.6 is 0 Å². The average Bonchev–Trinajstić information content (AvgIpc) is 2.46. The largest absolute Gasteiger partial charge is 0.241 e. The Morgan fingerprint density at radius 2 is 1.44 bits per heavy atom. The summed E-state index contributed by atoms with van der Waals surface area (Å²) in [5.41, 5.74) is 3.64. The van der Waals surface area contributed by atoms with Crippen LogP contribution in [0.5, 0.6) is 0 Å². The number of aryl methyl sites for hydroxylation is 2. The molecule has 0 amide bonds. The number of rotatable bonds is 5. The van der Waals surface area contributed by atoms with E-state index in [4.69, 9.17) is 0 Å². The van der Waals surface area contributed by atoms with E-state index in [-0.39, 0.29) is 5.82 Å². The number of hydrogen-bond donors (Lipinski definition) is 1. The SMILES string of the molecule is Cc1cc(C)c(C)c(S(=O)(=O)NC(C)(C)Cc2ccc(F)cc2)c1C. The molecule has 0 aromatic heterocycles. The number of nitrogens with one attached hydrogen (secondary N) is 1. The molecule has 0 aliphatic carbocycles. The monoisotopic (exact) mass is 363 g/mol. The number of halogens is 1. The summed E-state index contributed by atoms with van der Waals surface area (Å²) in [5.74, 6) is -0.302. The minimum Gasteiger partial charge on any atom is -0.207 e. The lowest BCUT2D eigenvalue weighted by molar-refractivity contribution is 0.449. The summed E-state index contributed by atoms with van der Waals surface area (Å²) in [7, 11) is -3.68. The molecule has 0 aliphatic heterocycles. The second-order valence-corrected chi connectivity index (χ2v) is 9.00. The second-order valence-electron chi connectivity index (χ2n) is 7.38. The molecule has 0 aliphatic rings. The van der Waals surface area contributed by atoms with Crippen LogP contribution in [-0.2, 0) is 16.4 Å². The highest BCUT2D eigenvalue weighted by Crippen LogP contribution is 2.27. The summed E-state index contributed by atoms with van der Waals surface area (Å²) < 4.78 is 42.0. The van der Waals surface area contributed by atoms with Gasteiger partial charge in [-0.05, 0) is 87.9 Å². The molecule has 3 nitrogen and oxygen atoms in total. The van der Waals surface area contributed by atoms with Crippen molar-refractivity contribution in [3.05, 3.63) is 64.0 Å². The van der Waals surface area contributed by atoms with E-state index < -0.39 is 15.6 Å². The van der Waals surface area contributed by atoms with Crippen molar-refractivity contribution in [1.82, 2.24) is 4.72 Å². The highest BCUT2D eigenvalue weighted by molar-refractivity contribution is 7.89. The first-order chi connectivity index (χ1) is 11.4. The van der Waals surface area contributed by atoms with Gasteiger partial charge in [-0.25, -0.2) is 17.5 Å². The fourth-order valence-corrected chi connectivity index (χ4v) is 5.18. The molecule has 0 heterocycles. The van der Waals surface area contributed by atoms with Gasteiger partial charge in [0.25, 0.3) is 0 Å². The van der Waals surface area contributed by atoms with Gasteiger partial charge in [-0.1, -0.05) is 18.2 Å². The summed E-state index contributed by atoms with van der Waals surface area (Å²) in [5, 5.41) is 0. The van der Waals surface area contributed by atoms with Crippen molar-refractivity contribution in [3.63, 3.8) is 0 Å². The van der Waals surface area contributed by atoms with Crippen LogP contribution in [-0.4, -0.2) is 14.0 Å². The van der Waals surface area contributed by atoms with Gasteiger partial charge < -0.3 is 0 Å². The Morgan fingerprint density at radius 1 is 0.960 bits per heavy atom. The van der Waals surface area contributed by atoms with Gasteiger partial charge in [-0.2, -0.15) is 0 Å². The third-order valence-corrected chi connectivity index (χ3v) is 6.51. The summed E-state index contributed by atoms with van der Waals surface area (Å²) in [6, 6.07) is 8.14. The van der Waals surface area contributed by atoms with Crippen LogP contribution in [0.15, 0.2) is 35.2 Å². The minimum atomic E-state index is -3.68. The van der Waals surface area contributed by atoms with Crippen molar-refractivity contribution in [1.29, 1.82) is 0 Å². The van der Waals surface area contributed by atoms with Crippen LogP contribution in [0.25, 0.3) is 0 Å². The second kappa shape index (κ2) is 6.89. The van der Waals surface area contributed by atoms with Crippen molar-refractivity contribution in [3.8, 4) is 0 Å².